The lowest BCUT2D eigenvalue weighted by Gasteiger charge is -2.04. The number of rotatable bonds is 5. The summed E-state index contributed by atoms with van der Waals surface area (Å²) in [5, 5.41) is 10.6. The lowest BCUT2D eigenvalue weighted by Crippen LogP contribution is -2.05. The topological polar surface area (TPSA) is 102 Å². The average molecular weight is 240 g/mol. The predicted octanol–water partition coefficient (Wildman–Crippen LogP) is 0.507. The maximum Gasteiger partial charge on any atom is 0.197 e. The summed E-state index contributed by atoms with van der Waals surface area (Å²) < 4.78 is 9.13. The normalized spacial score (nSPS) is 10.3. The van der Waals surface area contributed by atoms with E-state index in [1.54, 1.807) is 7.11 Å². The van der Waals surface area contributed by atoms with Crippen molar-refractivity contribution in [1.82, 2.24) is 19.6 Å². The molecular weight excluding hydrogens is 228 g/mol. The molecule has 16 heavy (non-hydrogen) atoms. The summed E-state index contributed by atoms with van der Waals surface area (Å²) in [6, 6.07) is 0. The second-order valence-electron chi connectivity index (χ2n) is 3.04. The Labute approximate surface area is 96.2 Å². The number of hydrogen-bond donors (Lipinski definition) is 3. The molecule has 8 heteroatoms. The Hall–Kier alpha value is -1.83. The van der Waals surface area contributed by atoms with Crippen molar-refractivity contribution < 1.29 is 4.74 Å². The molecular formula is C8H12N6OS. The molecule has 0 spiro atoms. The first-order valence-electron chi connectivity index (χ1n) is 4.68. The van der Waals surface area contributed by atoms with Crippen molar-refractivity contribution in [2.24, 2.45) is 0 Å². The molecule has 2 rings (SSSR count). The molecule has 86 valence electrons. The minimum atomic E-state index is 0.412. The van der Waals surface area contributed by atoms with Crippen molar-refractivity contribution in [3.63, 3.8) is 0 Å². The third kappa shape index (κ3) is 2.22. The second-order valence-corrected chi connectivity index (χ2v) is 3.81. The van der Waals surface area contributed by atoms with E-state index in [9.17, 15) is 0 Å². The Morgan fingerprint density at radius 1 is 1.62 bits per heavy atom. The standard InChI is InChI=1S/C8H12N6OS/c1-15-6-7(9)14-16-8(6)10-3-2-5-11-4-12-13-5/h4,10H,2-3H2,1H3,(H2,9,14)(H,11,12,13). The highest BCUT2D eigenvalue weighted by molar-refractivity contribution is 7.11. The fraction of sp³-hybridized carbons (Fsp3) is 0.375. The number of nitrogen functional groups attached to an aromatic ring is 1. The maximum atomic E-state index is 5.62. The van der Waals surface area contributed by atoms with Crippen LogP contribution in [0.5, 0.6) is 5.75 Å². The molecule has 0 aromatic carbocycles. The van der Waals surface area contributed by atoms with Gasteiger partial charge >= 0.3 is 0 Å². The van der Waals surface area contributed by atoms with Crippen molar-refractivity contribution >= 4 is 22.4 Å². The van der Waals surface area contributed by atoms with Crippen LogP contribution in [0.4, 0.5) is 10.8 Å². The number of methoxy groups -OCH3 is 1. The largest absolute Gasteiger partial charge is 0.490 e. The van der Waals surface area contributed by atoms with Crippen LogP contribution in [0.1, 0.15) is 5.82 Å². The first-order chi connectivity index (χ1) is 7.81. The zero-order chi connectivity index (χ0) is 11.4. The molecule has 4 N–H and O–H groups in total. The van der Waals surface area contributed by atoms with Crippen LogP contribution in [-0.4, -0.2) is 33.2 Å². The monoisotopic (exact) mass is 240 g/mol. The van der Waals surface area contributed by atoms with Crippen LogP contribution in [0.15, 0.2) is 6.33 Å². The number of nitrogens with zero attached hydrogens (tertiary/aromatic N) is 3. The highest BCUT2D eigenvalue weighted by Crippen LogP contribution is 2.34. The van der Waals surface area contributed by atoms with E-state index in [0.717, 1.165) is 17.2 Å². The molecule has 0 saturated heterocycles. The molecule has 2 aromatic heterocycles. The summed E-state index contributed by atoms with van der Waals surface area (Å²) in [7, 11) is 1.57. The predicted molar refractivity (Wildman–Crippen MR) is 61.7 cm³/mol. The minimum absolute atomic E-state index is 0.412. The molecule has 0 aliphatic carbocycles. The summed E-state index contributed by atoms with van der Waals surface area (Å²) in [6.45, 7) is 0.715. The molecule has 0 aliphatic heterocycles. The van der Waals surface area contributed by atoms with E-state index in [1.165, 1.54) is 17.9 Å². The third-order valence-electron chi connectivity index (χ3n) is 1.99. The number of aromatic nitrogens is 4. The van der Waals surface area contributed by atoms with E-state index < -0.39 is 0 Å². The summed E-state index contributed by atoms with van der Waals surface area (Å²) in [5.74, 6) is 1.85. The van der Waals surface area contributed by atoms with Crippen LogP contribution >= 0.6 is 11.5 Å². The van der Waals surface area contributed by atoms with Crippen LogP contribution in [0.25, 0.3) is 0 Å². The lowest BCUT2D eigenvalue weighted by atomic mass is 10.4. The van der Waals surface area contributed by atoms with E-state index in [-0.39, 0.29) is 0 Å². The van der Waals surface area contributed by atoms with E-state index in [0.29, 0.717) is 18.1 Å². The van der Waals surface area contributed by atoms with Crippen LogP contribution in [-0.2, 0) is 6.42 Å². The zero-order valence-corrected chi connectivity index (χ0v) is 9.54. The van der Waals surface area contributed by atoms with Crippen LogP contribution in [0.3, 0.4) is 0 Å². The number of nitrogens with two attached hydrogens (primary N) is 1. The van der Waals surface area contributed by atoms with Gasteiger partial charge in [0, 0.05) is 13.0 Å². The van der Waals surface area contributed by atoms with Gasteiger partial charge in [0.25, 0.3) is 0 Å². The number of ether oxygens (including phenoxy) is 1. The summed E-state index contributed by atoms with van der Waals surface area (Å²) in [4.78, 5) is 4.02. The molecule has 0 atom stereocenters. The molecule has 7 nitrogen and oxygen atoms in total. The lowest BCUT2D eigenvalue weighted by molar-refractivity contribution is 0.419. The van der Waals surface area contributed by atoms with E-state index >= 15 is 0 Å². The van der Waals surface area contributed by atoms with Gasteiger partial charge in [-0.2, -0.15) is 9.47 Å². The molecule has 0 saturated carbocycles. The Kier molecular flexibility index (Phi) is 3.20. The van der Waals surface area contributed by atoms with Crippen molar-refractivity contribution in [1.29, 1.82) is 0 Å². The van der Waals surface area contributed by atoms with Gasteiger partial charge in [-0.1, -0.05) is 0 Å². The smallest absolute Gasteiger partial charge is 0.197 e. The van der Waals surface area contributed by atoms with Crippen LogP contribution < -0.4 is 15.8 Å². The highest BCUT2D eigenvalue weighted by Gasteiger charge is 2.10. The Balaban J connectivity index is 1.89. The minimum Gasteiger partial charge on any atom is -0.490 e. The fourth-order valence-electron chi connectivity index (χ4n) is 1.25. The summed E-state index contributed by atoms with van der Waals surface area (Å²) in [6.07, 6.45) is 2.24. The van der Waals surface area contributed by atoms with Crippen molar-refractivity contribution in [3.05, 3.63) is 12.2 Å². The van der Waals surface area contributed by atoms with Crippen molar-refractivity contribution in [2.45, 2.75) is 6.42 Å². The Bertz CT molecular complexity index is 439. The van der Waals surface area contributed by atoms with Gasteiger partial charge in [-0.05, 0) is 11.5 Å². The number of aromatic amines is 1. The van der Waals surface area contributed by atoms with Gasteiger partial charge in [-0.15, -0.1) is 0 Å². The average Bonchev–Trinajstić information content (AvgIpc) is 2.89. The highest BCUT2D eigenvalue weighted by atomic mass is 32.1. The van der Waals surface area contributed by atoms with Gasteiger partial charge in [0.15, 0.2) is 16.6 Å². The molecule has 0 aliphatic rings. The van der Waals surface area contributed by atoms with Crippen LogP contribution in [0, 0.1) is 0 Å². The van der Waals surface area contributed by atoms with Gasteiger partial charge in [-0.3, -0.25) is 5.10 Å². The molecule has 0 fully saturated rings. The third-order valence-corrected chi connectivity index (χ3v) is 2.79. The quantitative estimate of drug-likeness (QED) is 0.703. The number of hydrogen-bond acceptors (Lipinski definition) is 7. The van der Waals surface area contributed by atoms with Gasteiger partial charge in [0.05, 0.1) is 7.11 Å². The van der Waals surface area contributed by atoms with Gasteiger partial charge < -0.3 is 15.8 Å². The number of nitrogens with one attached hydrogen (secondary N) is 2. The number of anilines is 2. The second kappa shape index (κ2) is 4.79. The van der Waals surface area contributed by atoms with Crippen molar-refractivity contribution in [2.75, 3.05) is 24.7 Å². The van der Waals surface area contributed by atoms with E-state index in [4.69, 9.17) is 10.5 Å². The molecule has 0 unspecified atom stereocenters. The van der Waals surface area contributed by atoms with Crippen LogP contribution in [0.2, 0.25) is 0 Å². The Morgan fingerprint density at radius 3 is 3.19 bits per heavy atom. The van der Waals surface area contributed by atoms with Gasteiger partial charge in [0.1, 0.15) is 12.2 Å². The molecule has 0 radical (unpaired) electrons. The zero-order valence-electron chi connectivity index (χ0n) is 8.73. The molecule has 0 amide bonds. The van der Waals surface area contributed by atoms with E-state index in [2.05, 4.69) is 24.9 Å². The van der Waals surface area contributed by atoms with Gasteiger partial charge in [0.2, 0.25) is 0 Å². The van der Waals surface area contributed by atoms with Crippen molar-refractivity contribution in [3.8, 4) is 5.75 Å². The molecule has 0 bridgehead atoms. The van der Waals surface area contributed by atoms with Gasteiger partial charge in [-0.25, -0.2) is 4.98 Å². The van der Waals surface area contributed by atoms with E-state index in [1.807, 2.05) is 0 Å². The first-order valence-corrected chi connectivity index (χ1v) is 5.46. The SMILES string of the molecule is COc1c(N)nsc1NCCc1ncn[nH]1. The molecule has 2 heterocycles. The summed E-state index contributed by atoms with van der Waals surface area (Å²) >= 11 is 1.28. The first kappa shape index (κ1) is 10.7. The Morgan fingerprint density at radius 2 is 2.50 bits per heavy atom. The maximum absolute atomic E-state index is 5.62. The summed E-state index contributed by atoms with van der Waals surface area (Å²) in [5.41, 5.74) is 5.62. The fourth-order valence-corrected chi connectivity index (χ4v) is 1.96. The molecule has 2 aromatic rings. The number of H-pyrrole nitrogens is 1.